The zero-order valence-electron chi connectivity index (χ0n) is 8.75. The van der Waals surface area contributed by atoms with Gasteiger partial charge in [0.15, 0.2) is 0 Å². The van der Waals surface area contributed by atoms with Gasteiger partial charge in [-0.2, -0.15) is 0 Å². The van der Waals surface area contributed by atoms with Crippen LogP contribution in [0.15, 0.2) is 12.1 Å². The molecule has 1 amide bonds. The summed E-state index contributed by atoms with van der Waals surface area (Å²) in [5.74, 6) is -0.103. The van der Waals surface area contributed by atoms with Crippen LogP contribution in [-0.4, -0.2) is 19.1 Å². The average Bonchev–Trinajstić information content (AvgIpc) is 2.61. The summed E-state index contributed by atoms with van der Waals surface area (Å²) in [4.78, 5) is 12.4. The van der Waals surface area contributed by atoms with Crippen LogP contribution in [0.2, 0.25) is 4.34 Å². The van der Waals surface area contributed by atoms with E-state index in [0.717, 1.165) is 9.21 Å². The van der Waals surface area contributed by atoms with Gasteiger partial charge in [0.05, 0.1) is 10.4 Å². The van der Waals surface area contributed by atoms with Gasteiger partial charge in [0.25, 0.3) is 0 Å². The highest BCUT2D eigenvalue weighted by Crippen LogP contribution is 2.26. The van der Waals surface area contributed by atoms with E-state index in [1.54, 1.807) is 0 Å². The molecule has 3 nitrogen and oxygen atoms in total. The number of hydrogen-bond donors (Lipinski definition) is 1. The van der Waals surface area contributed by atoms with E-state index in [0.29, 0.717) is 6.61 Å². The molecule has 84 valence electrons. The average molecular weight is 248 g/mol. The number of ether oxygens (including phenoxy) is 1. The van der Waals surface area contributed by atoms with Gasteiger partial charge in [0.2, 0.25) is 5.91 Å². The number of thiophene rings is 1. The van der Waals surface area contributed by atoms with E-state index in [1.807, 2.05) is 26.0 Å². The fraction of sp³-hybridized carbons (Fsp3) is 0.500. The van der Waals surface area contributed by atoms with Crippen LogP contribution >= 0.6 is 22.9 Å². The molecule has 0 spiro atoms. The summed E-state index contributed by atoms with van der Waals surface area (Å²) >= 11 is 7.28. The highest BCUT2D eigenvalue weighted by atomic mass is 35.5. The Morgan fingerprint density at radius 3 is 2.93 bits per heavy atom. The summed E-state index contributed by atoms with van der Waals surface area (Å²) in [5, 5.41) is 2.83. The lowest BCUT2D eigenvalue weighted by atomic mass is 10.3. The molecule has 0 saturated heterocycles. The van der Waals surface area contributed by atoms with Crippen molar-refractivity contribution in [2.24, 2.45) is 0 Å². The van der Waals surface area contributed by atoms with Crippen molar-refractivity contribution < 1.29 is 9.53 Å². The van der Waals surface area contributed by atoms with E-state index in [1.165, 1.54) is 11.3 Å². The molecule has 1 N–H and O–H groups in total. The quantitative estimate of drug-likeness (QED) is 0.869. The van der Waals surface area contributed by atoms with Crippen LogP contribution in [0.5, 0.6) is 0 Å². The van der Waals surface area contributed by atoms with E-state index >= 15 is 0 Å². The van der Waals surface area contributed by atoms with E-state index < -0.39 is 0 Å². The Morgan fingerprint density at radius 1 is 1.67 bits per heavy atom. The molecule has 0 saturated carbocycles. The smallest absolute Gasteiger partial charge is 0.246 e. The zero-order chi connectivity index (χ0) is 11.3. The molecule has 1 heterocycles. The van der Waals surface area contributed by atoms with Crippen molar-refractivity contribution in [1.29, 1.82) is 0 Å². The topological polar surface area (TPSA) is 38.3 Å². The number of hydrogen-bond acceptors (Lipinski definition) is 3. The molecule has 1 unspecified atom stereocenters. The summed E-state index contributed by atoms with van der Waals surface area (Å²) in [6.07, 6.45) is 0. The molecular weight excluding hydrogens is 234 g/mol. The lowest BCUT2D eigenvalue weighted by molar-refractivity contribution is -0.126. The van der Waals surface area contributed by atoms with Crippen molar-refractivity contribution >= 4 is 28.8 Å². The maximum absolute atomic E-state index is 11.3. The lowest BCUT2D eigenvalue weighted by Gasteiger charge is -2.11. The standard InChI is InChI=1S/C10H14ClNO2S/c1-3-14-6-10(13)12-7(2)8-4-5-9(11)15-8/h4-5,7H,3,6H2,1-2H3,(H,12,13). The van der Waals surface area contributed by atoms with Crippen LogP contribution in [0.25, 0.3) is 0 Å². The molecule has 5 heteroatoms. The first-order valence-corrected chi connectivity index (χ1v) is 5.95. The molecule has 1 aromatic rings. The normalized spacial score (nSPS) is 12.5. The first kappa shape index (κ1) is 12.5. The number of nitrogens with one attached hydrogen (secondary N) is 1. The second-order valence-electron chi connectivity index (χ2n) is 3.07. The minimum atomic E-state index is -0.103. The molecule has 1 aromatic heterocycles. The number of halogens is 1. The first-order chi connectivity index (χ1) is 7.13. The van der Waals surface area contributed by atoms with Crippen LogP contribution < -0.4 is 5.32 Å². The Bertz CT molecular complexity index is 327. The van der Waals surface area contributed by atoms with Crippen molar-refractivity contribution in [3.05, 3.63) is 21.3 Å². The molecule has 0 aliphatic carbocycles. The maximum atomic E-state index is 11.3. The molecule has 1 rings (SSSR count). The van der Waals surface area contributed by atoms with Crippen LogP contribution in [0.1, 0.15) is 24.8 Å². The molecule has 0 fully saturated rings. The number of rotatable bonds is 5. The monoisotopic (exact) mass is 247 g/mol. The van der Waals surface area contributed by atoms with E-state index in [9.17, 15) is 4.79 Å². The number of amides is 1. The van der Waals surface area contributed by atoms with E-state index in [4.69, 9.17) is 16.3 Å². The summed E-state index contributed by atoms with van der Waals surface area (Å²) in [5.41, 5.74) is 0. The summed E-state index contributed by atoms with van der Waals surface area (Å²) in [6, 6.07) is 3.72. The van der Waals surface area contributed by atoms with Gasteiger partial charge in [-0.3, -0.25) is 4.79 Å². The van der Waals surface area contributed by atoms with Gasteiger partial charge in [0.1, 0.15) is 6.61 Å². The van der Waals surface area contributed by atoms with Crippen molar-refractivity contribution in [3.8, 4) is 0 Å². The van der Waals surface area contributed by atoms with Gasteiger partial charge >= 0.3 is 0 Å². The fourth-order valence-corrected chi connectivity index (χ4v) is 2.17. The summed E-state index contributed by atoms with van der Waals surface area (Å²) in [7, 11) is 0. The van der Waals surface area contributed by atoms with Crippen LogP contribution in [0, 0.1) is 0 Å². The summed E-state index contributed by atoms with van der Waals surface area (Å²) in [6.45, 7) is 4.44. The Kier molecular flexibility index (Phi) is 5.08. The van der Waals surface area contributed by atoms with Gasteiger partial charge in [-0.25, -0.2) is 0 Å². The highest BCUT2D eigenvalue weighted by Gasteiger charge is 2.11. The summed E-state index contributed by atoms with van der Waals surface area (Å²) < 4.78 is 5.73. The number of carbonyl (C=O) groups is 1. The fourth-order valence-electron chi connectivity index (χ4n) is 1.11. The van der Waals surface area contributed by atoms with Crippen molar-refractivity contribution in [2.45, 2.75) is 19.9 Å². The minimum Gasteiger partial charge on any atom is -0.372 e. The van der Waals surface area contributed by atoms with Crippen molar-refractivity contribution in [3.63, 3.8) is 0 Å². The Hall–Kier alpha value is -0.580. The van der Waals surface area contributed by atoms with Crippen LogP contribution in [-0.2, 0) is 9.53 Å². The second kappa shape index (κ2) is 6.10. The Morgan fingerprint density at radius 2 is 2.40 bits per heavy atom. The van der Waals surface area contributed by atoms with Crippen molar-refractivity contribution in [1.82, 2.24) is 5.32 Å². The molecular formula is C10H14ClNO2S. The molecule has 0 aromatic carbocycles. The van der Waals surface area contributed by atoms with Gasteiger partial charge in [-0.05, 0) is 26.0 Å². The lowest BCUT2D eigenvalue weighted by Crippen LogP contribution is -2.29. The van der Waals surface area contributed by atoms with Crippen LogP contribution in [0.3, 0.4) is 0 Å². The molecule has 0 radical (unpaired) electrons. The molecule has 1 atom stereocenters. The number of carbonyl (C=O) groups excluding carboxylic acids is 1. The second-order valence-corrected chi connectivity index (χ2v) is 4.81. The van der Waals surface area contributed by atoms with E-state index in [-0.39, 0.29) is 18.6 Å². The third-order valence-corrected chi connectivity index (χ3v) is 3.25. The molecule has 0 aliphatic rings. The molecule has 0 bridgehead atoms. The van der Waals surface area contributed by atoms with Crippen LogP contribution in [0.4, 0.5) is 0 Å². The largest absolute Gasteiger partial charge is 0.372 e. The zero-order valence-corrected chi connectivity index (χ0v) is 10.3. The first-order valence-electron chi connectivity index (χ1n) is 4.75. The predicted molar refractivity (Wildman–Crippen MR) is 62.4 cm³/mol. The highest BCUT2D eigenvalue weighted by molar-refractivity contribution is 7.16. The van der Waals surface area contributed by atoms with E-state index in [2.05, 4.69) is 5.32 Å². The third kappa shape index (κ3) is 4.20. The Balaban J connectivity index is 2.41. The van der Waals surface area contributed by atoms with Gasteiger partial charge in [-0.1, -0.05) is 11.6 Å². The predicted octanol–water partition coefficient (Wildman–Crippen LogP) is 2.62. The van der Waals surface area contributed by atoms with Crippen molar-refractivity contribution in [2.75, 3.05) is 13.2 Å². The third-order valence-electron chi connectivity index (χ3n) is 1.84. The Labute approximate surface area is 98.4 Å². The minimum absolute atomic E-state index is 0.0181. The van der Waals surface area contributed by atoms with Gasteiger partial charge in [-0.15, -0.1) is 11.3 Å². The maximum Gasteiger partial charge on any atom is 0.246 e. The van der Waals surface area contributed by atoms with Gasteiger partial charge in [0, 0.05) is 11.5 Å². The van der Waals surface area contributed by atoms with Gasteiger partial charge < -0.3 is 10.1 Å². The molecule has 15 heavy (non-hydrogen) atoms. The molecule has 0 aliphatic heterocycles. The SMILES string of the molecule is CCOCC(=O)NC(C)c1ccc(Cl)s1.